The number of aromatic hydroxyl groups is 1. The first-order valence-electron chi connectivity index (χ1n) is 3.72. The van der Waals surface area contributed by atoms with E-state index in [1.165, 1.54) is 7.11 Å². The van der Waals surface area contributed by atoms with Gasteiger partial charge in [-0.3, -0.25) is 0 Å². The summed E-state index contributed by atoms with van der Waals surface area (Å²) in [6.07, 6.45) is -0.0503. The largest absolute Gasteiger partial charge is 0.506 e. The molecule has 3 nitrogen and oxygen atoms in total. The molecule has 1 N–H and O–H groups in total. The minimum Gasteiger partial charge on any atom is -0.506 e. The second-order valence-corrected chi connectivity index (χ2v) is 3.34. The van der Waals surface area contributed by atoms with E-state index in [4.69, 9.17) is 10.00 Å². The number of rotatable bonds is 2. The summed E-state index contributed by atoms with van der Waals surface area (Å²) in [6.45, 7) is 0. The smallest absolute Gasteiger partial charge is 0.172 e. The minimum absolute atomic E-state index is 0.0503. The van der Waals surface area contributed by atoms with Gasteiger partial charge in [0.1, 0.15) is 10.2 Å². The lowest BCUT2D eigenvalue weighted by atomic mass is 10.1. The van der Waals surface area contributed by atoms with Gasteiger partial charge in [0, 0.05) is 5.56 Å². The highest BCUT2D eigenvalue weighted by atomic mass is 79.9. The molecule has 0 heterocycles. The van der Waals surface area contributed by atoms with Crippen molar-refractivity contribution in [2.75, 3.05) is 7.11 Å². The summed E-state index contributed by atoms with van der Waals surface area (Å²) in [5, 5.41) is 17.9. The van der Waals surface area contributed by atoms with Crippen molar-refractivity contribution >= 4 is 15.9 Å². The Bertz CT molecular complexity index is 401. The minimum atomic E-state index is -0.609. The third-order valence-corrected chi connectivity index (χ3v) is 2.44. The molecule has 1 aromatic carbocycles. The predicted molar refractivity (Wildman–Crippen MR) is 51.6 cm³/mol. The molecule has 14 heavy (non-hydrogen) atoms. The Kier molecular flexibility index (Phi) is 3.31. The zero-order valence-electron chi connectivity index (χ0n) is 7.34. The number of benzene rings is 1. The predicted octanol–water partition coefficient (Wildman–Crippen LogP) is 2.37. The lowest BCUT2D eigenvalue weighted by molar-refractivity contribution is 0.375. The van der Waals surface area contributed by atoms with Gasteiger partial charge in [-0.05, 0) is 22.0 Å². The zero-order chi connectivity index (χ0) is 10.7. The first-order chi connectivity index (χ1) is 6.61. The Hall–Kier alpha value is -1.28. The molecule has 0 aliphatic heterocycles. The SMILES string of the molecule is COc1c(F)cc(CC#N)c(O)c1Br. The van der Waals surface area contributed by atoms with E-state index in [1.807, 2.05) is 6.07 Å². The number of hydrogen-bond acceptors (Lipinski definition) is 3. The number of phenolic OH excluding ortho intramolecular Hbond substituents is 1. The lowest BCUT2D eigenvalue weighted by Gasteiger charge is -2.09. The molecule has 0 spiro atoms. The highest BCUT2D eigenvalue weighted by molar-refractivity contribution is 9.10. The van der Waals surface area contributed by atoms with Crippen LogP contribution in [0.1, 0.15) is 5.56 Å². The van der Waals surface area contributed by atoms with Crippen molar-refractivity contribution in [1.29, 1.82) is 5.26 Å². The van der Waals surface area contributed by atoms with Crippen LogP contribution in [0.2, 0.25) is 0 Å². The molecule has 1 aromatic rings. The van der Waals surface area contributed by atoms with E-state index in [0.717, 1.165) is 6.07 Å². The van der Waals surface area contributed by atoms with Crippen LogP contribution in [0.25, 0.3) is 0 Å². The van der Waals surface area contributed by atoms with Crippen molar-refractivity contribution < 1.29 is 14.2 Å². The highest BCUT2D eigenvalue weighted by Crippen LogP contribution is 2.38. The maximum absolute atomic E-state index is 13.2. The van der Waals surface area contributed by atoms with Gasteiger partial charge >= 0.3 is 0 Å². The number of halogens is 2. The monoisotopic (exact) mass is 259 g/mol. The van der Waals surface area contributed by atoms with Crippen molar-refractivity contribution in [2.24, 2.45) is 0 Å². The molecule has 0 aliphatic carbocycles. The Morgan fingerprint density at radius 2 is 2.36 bits per heavy atom. The molecule has 5 heteroatoms. The summed E-state index contributed by atoms with van der Waals surface area (Å²) in [5.41, 5.74) is 0.234. The van der Waals surface area contributed by atoms with Gasteiger partial charge in [-0.1, -0.05) is 0 Å². The summed E-state index contributed by atoms with van der Waals surface area (Å²) in [5.74, 6) is -0.837. The summed E-state index contributed by atoms with van der Waals surface area (Å²) < 4.78 is 18.1. The summed E-state index contributed by atoms with van der Waals surface area (Å²) >= 11 is 2.99. The van der Waals surface area contributed by atoms with E-state index >= 15 is 0 Å². The maximum Gasteiger partial charge on any atom is 0.172 e. The van der Waals surface area contributed by atoms with Crippen LogP contribution in [-0.4, -0.2) is 12.2 Å². The highest BCUT2D eigenvalue weighted by Gasteiger charge is 2.16. The molecule has 1 rings (SSSR count). The first-order valence-corrected chi connectivity index (χ1v) is 4.52. The molecular weight excluding hydrogens is 253 g/mol. The van der Waals surface area contributed by atoms with Crippen LogP contribution in [0.15, 0.2) is 10.5 Å². The van der Waals surface area contributed by atoms with Crippen LogP contribution >= 0.6 is 15.9 Å². The van der Waals surface area contributed by atoms with E-state index < -0.39 is 5.82 Å². The van der Waals surface area contributed by atoms with Crippen molar-refractivity contribution in [3.63, 3.8) is 0 Å². The summed E-state index contributed by atoms with van der Waals surface area (Å²) in [4.78, 5) is 0. The molecule has 0 bridgehead atoms. The van der Waals surface area contributed by atoms with Gasteiger partial charge in [-0.2, -0.15) is 5.26 Å². The molecule has 0 radical (unpaired) electrons. The standard InChI is InChI=1S/C9H7BrFNO2/c1-14-9-6(11)4-5(2-3-12)8(13)7(9)10/h4,13H,2H2,1H3. The molecule has 0 amide bonds. The maximum atomic E-state index is 13.2. The number of phenols is 1. The van der Waals surface area contributed by atoms with Crippen molar-refractivity contribution in [2.45, 2.75) is 6.42 Å². The molecule has 0 unspecified atom stereocenters. The number of nitrogens with zero attached hydrogens (tertiary/aromatic N) is 1. The topological polar surface area (TPSA) is 53.2 Å². The Balaban J connectivity index is 3.34. The van der Waals surface area contributed by atoms with Gasteiger partial charge in [0.05, 0.1) is 19.6 Å². The fourth-order valence-electron chi connectivity index (χ4n) is 1.05. The van der Waals surface area contributed by atoms with Gasteiger partial charge in [-0.15, -0.1) is 0 Å². The molecule has 0 atom stereocenters. The molecule has 74 valence electrons. The van der Waals surface area contributed by atoms with E-state index in [0.29, 0.717) is 0 Å². The van der Waals surface area contributed by atoms with Gasteiger partial charge < -0.3 is 9.84 Å². The molecule has 0 saturated carbocycles. The first kappa shape index (κ1) is 10.8. The van der Waals surface area contributed by atoms with Gasteiger partial charge in [0.25, 0.3) is 0 Å². The zero-order valence-corrected chi connectivity index (χ0v) is 8.93. The van der Waals surface area contributed by atoms with E-state index in [9.17, 15) is 9.50 Å². The van der Waals surface area contributed by atoms with Crippen molar-refractivity contribution in [3.05, 3.63) is 21.9 Å². The van der Waals surface area contributed by atoms with E-state index in [2.05, 4.69) is 15.9 Å². The quantitative estimate of drug-likeness (QED) is 0.888. The Labute approximate surface area is 88.9 Å². The number of nitriles is 1. The summed E-state index contributed by atoms with van der Waals surface area (Å²) in [7, 11) is 1.30. The third kappa shape index (κ3) is 1.80. The normalized spacial score (nSPS) is 9.57. The lowest BCUT2D eigenvalue weighted by Crippen LogP contribution is -1.93. The molecular formula is C9H7BrFNO2. The third-order valence-electron chi connectivity index (χ3n) is 1.70. The van der Waals surface area contributed by atoms with Gasteiger partial charge in [0.2, 0.25) is 0 Å². The summed E-state index contributed by atoms with van der Waals surface area (Å²) in [6, 6.07) is 2.91. The molecule has 0 aromatic heterocycles. The second-order valence-electron chi connectivity index (χ2n) is 2.55. The van der Waals surface area contributed by atoms with E-state index in [-0.39, 0.29) is 28.0 Å². The van der Waals surface area contributed by atoms with Crippen LogP contribution in [0.5, 0.6) is 11.5 Å². The number of hydrogen-bond donors (Lipinski definition) is 1. The van der Waals surface area contributed by atoms with Crippen molar-refractivity contribution in [1.82, 2.24) is 0 Å². The van der Waals surface area contributed by atoms with Gasteiger partial charge in [0.15, 0.2) is 11.6 Å². The Morgan fingerprint density at radius 1 is 1.71 bits per heavy atom. The second kappa shape index (κ2) is 4.29. The number of ether oxygens (including phenoxy) is 1. The van der Waals surface area contributed by atoms with Crippen LogP contribution in [0.4, 0.5) is 4.39 Å². The van der Waals surface area contributed by atoms with Crippen molar-refractivity contribution in [3.8, 4) is 17.6 Å². The van der Waals surface area contributed by atoms with E-state index in [1.54, 1.807) is 0 Å². The van der Waals surface area contributed by atoms with Crippen LogP contribution in [0.3, 0.4) is 0 Å². The van der Waals surface area contributed by atoms with Crippen LogP contribution < -0.4 is 4.74 Å². The average molecular weight is 260 g/mol. The Morgan fingerprint density at radius 3 is 2.86 bits per heavy atom. The molecule has 0 saturated heterocycles. The molecule has 0 fully saturated rings. The fourth-order valence-corrected chi connectivity index (χ4v) is 1.65. The molecule has 0 aliphatic rings. The van der Waals surface area contributed by atoms with Crippen LogP contribution in [-0.2, 0) is 6.42 Å². The fraction of sp³-hybridized carbons (Fsp3) is 0.222. The average Bonchev–Trinajstić information content (AvgIpc) is 2.15. The van der Waals surface area contributed by atoms with Gasteiger partial charge in [-0.25, -0.2) is 4.39 Å². The van der Waals surface area contributed by atoms with Crippen LogP contribution in [0, 0.1) is 17.1 Å². The number of methoxy groups -OCH3 is 1.